The first-order valence-corrected chi connectivity index (χ1v) is 5.65. The SMILES string of the molecule is CN(C)C1CCN(c2cnc(N)cn2)CC1. The van der Waals surface area contributed by atoms with Gasteiger partial charge in [-0.3, -0.25) is 0 Å². The average molecular weight is 221 g/mol. The summed E-state index contributed by atoms with van der Waals surface area (Å²) in [5, 5.41) is 0. The van der Waals surface area contributed by atoms with E-state index in [1.807, 2.05) is 0 Å². The molecule has 0 amide bonds. The maximum atomic E-state index is 5.52. The molecular formula is C11H19N5. The van der Waals surface area contributed by atoms with Gasteiger partial charge < -0.3 is 15.5 Å². The lowest BCUT2D eigenvalue weighted by atomic mass is 10.0. The van der Waals surface area contributed by atoms with E-state index in [0.29, 0.717) is 11.9 Å². The second-order valence-electron chi connectivity index (χ2n) is 4.48. The molecule has 0 atom stereocenters. The van der Waals surface area contributed by atoms with E-state index in [2.05, 4.69) is 33.9 Å². The van der Waals surface area contributed by atoms with Crippen molar-refractivity contribution < 1.29 is 0 Å². The fourth-order valence-electron chi connectivity index (χ4n) is 2.11. The van der Waals surface area contributed by atoms with Crippen LogP contribution in [-0.4, -0.2) is 48.1 Å². The van der Waals surface area contributed by atoms with E-state index in [-0.39, 0.29) is 0 Å². The number of hydrogen-bond donors (Lipinski definition) is 1. The smallest absolute Gasteiger partial charge is 0.147 e. The molecule has 1 saturated heterocycles. The predicted octanol–water partition coefficient (Wildman–Crippen LogP) is 0.589. The van der Waals surface area contributed by atoms with Crippen LogP contribution in [0.25, 0.3) is 0 Å². The minimum atomic E-state index is 0.479. The summed E-state index contributed by atoms with van der Waals surface area (Å²) < 4.78 is 0. The molecule has 0 bridgehead atoms. The first-order chi connectivity index (χ1) is 7.66. The van der Waals surface area contributed by atoms with Gasteiger partial charge in [0.2, 0.25) is 0 Å². The lowest BCUT2D eigenvalue weighted by molar-refractivity contribution is 0.249. The van der Waals surface area contributed by atoms with Crippen molar-refractivity contribution in [3.05, 3.63) is 12.4 Å². The summed E-state index contributed by atoms with van der Waals surface area (Å²) in [6, 6.07) is 0.693. The molecular weight excluding hydrogens is 202 g/mol. The maximum absolute atomic E-state index is 5.52. The highest BCUT2D eigenvalue weighted by atomic mass is 15.2. The van der Waals surface area contributed by atoms with Crippen molar-refractivity contribution in [1.29, 1.82) is 0 Å². The normalized spacial score (nSPS) is 18.1. The maximum Gasteiger partial charge on any atom is 0.147 e. The Hall–Kier alpha value is -1.36. The molecule has 1 aromatic heterocycles. The monoisotopic (exact) mass is 221 g/mol. The first kappa shape index (κ1) is 11.1. The lowest BCUT2D eigenvalue weighted by Crippen LogP contribution is -2.42. The molecule has 2 N–H and O–H groups in total. The number of nitrogen functional groups attached to an aromatic ring is 1. The van der Waals surface area contributed by atoms with Gasteiger partial charge in [0.15, 0.2) is 0 Å². The molecule has 0 radical (unpaired) electrons. The van der Waals surface area contributed by atoms with Crippen LogP contribution < -0.4 is 10.6 Å². The van der Waals surface area contributed by atoms with Gasteiger partial charge in [-0.2, -0.15) is 0 Å². The number of nitrogens with two attached hydrogens (primary N) is 1. The Morgan fingerprint density at radius 3 is 2.44 bits per heavy atom. The largest absolute Gasteiger partial charge is 0.382 e. The van der Waals surface area contributed by atoms with Gasteiger partial charge >= 0.3 is 0 Å². The zero-order chi connectivity index (χ0) is 11.5. The Labute approximate surface area is 96.3 Å². The molecule has 5 nitrogen and oxygen atoms in total. The molecule has 0 aromatic carbocycles. The number of piperidine rings is 1. The second kappa shape index (κ2) is 4.65. The van der Waals surface area contributed by atoms with Gasteiger partial charge in [-0.25, -0.2) is 9.97 Å². The first-order valence-electron chi connectivity index (χ1n) is 5.65. The molecule has 0 spiro atoms. The topological polar surface area (TPSA) is 58.3 Å². The summed E-state index contributed by atoms with van der Waals surface area (Å²) in [6.45, 7) is 2.09. The number of aromatic nitrogens is 2. The van der Waals surface area contributed by atoms with E-state index < -0.39 is 0 Å². The minimum absolute atomic E-state index is 0.479. The number of hydrogen-bond acceptors (Lipinski definition) is 5. The highest BCUT2D eigenvalue weighted by Crippen LogP contribution is 2.19. The van der Waals surface area contributed by atoms with E-state index in [1.54, 1.807) is 12.4 Å². The van der Waals surface area contributed by atoms with Crippen LogP contribution in [0.3, 0.4) is 0 Å². The van der Waals surface area contributed by atoms with Crippen molar-refractivity contribution in [2.75, 3.05) is 37.8 Å². The highest BCUT2D eigenvalue weighted by molar-refractivity contribution is 5.39. The van der Waals surface area contributed by atoms with Crippen molar-refractivity contribution in [3.63, 3.8) is 0 Å². The lowest BCUT2D eigenvalue weighted by Gasteiger charge is -2.35. The molecule has 5 heteroatoms. The van der Waals surface area contributed by atoms with Crippen LogP contribution in [0.5, 0.6) is 0 Å². The quantitative estimate of drug-likeness (QED) is 0.792. The fourth-order valence-corrected chi connectivity index (χ4v) is 2.11. The molecule has 1 fully saturated rings. The van der Waals surface area contributed by atoms with Crippen LogP contribution in [0.4, 0.5) is 11.6 Å². The summed E-state index contributed by atoms with van der Waals surface area (Å²) in [7, 11) is 4.28. The molecule has 2 heterocycles. The summed E-state index contributed by atoms with van der Waals surface area (Å²) in [6.07, 6.45) is 5.73. The van der Waals surface area contributed by atoms with E-state index >= 15 is 0 Å². The number of anilines is 2. The van der Waals surface area contributed by atoms with Gasteiger partial charge in [0, 0.05) is 19.1 Å². The Morgan fingerprint density at radius 2 is 1.94 bits per heavy atom. The zero-order valence-electron chi connectivity index (χ0n) is 9.93. The van der Waals surface area contributed by atoms with Gasteiger partial charge in [0.1, 0.15) is 11.6 Å². The Balaban J connectivity index is 1.96. The summed E-state index contributed by atoms with van der Waals surface area (Å²) in [5.74, 6) is 1.42. The van der Waals surface area contributed by atoms with Crippen LogP contribution in [0, 0.1) is 0 Å². The predicted molar refractivity (Wildman–Crippen MR) is 65.4 cm³/mol. The van der Waals surface area contributed by atoms with Crippen LogP contribution in [0.2, 0.25) is 0 Å². The van der Waals surface area contributed by atoms with Crippen molar-refractivity contribution >= 4 is 11.6 Å². The Morgan fingerprint density at radius 1 is 1.25 bits per heavy atom. The molecule has 0 unspecified atom stereocenters. The second-order valence-corrected chi connectivity index (χ2v) is 4.48. The molecule has 0 aliphatic carbocycles. The van der Waals surface area contributed by atoms with Crippen molar-refractivity contribution in [2.45, 2.75) is 18.9 Å². The summed E-state index contributed by atoms with van der Waals surface area (Å²) in [4.78, 5) is 12.9. The average Bonchev–Trinajstić information content (AvgIpc) is 2.30. The van der Waals surface area contributed by atoms with E-state index in [0.717, 1.165) is 18.9 Å². The van der Waals surface area contributed by atoms with E-state index in [1.165, 1.54) is 12.8 Å². The molecule has 1 aromatic rings. The van der Waals surface area contributed by atoms with E-state index in [4.69, 9.17) is 5.73 Å². The molecule has 2 rings (SSSR count). The van der Waals surface area contributed by atoms with Crippen LogP contribution in [0.15, 0.2) is 12.4 Å². The fraction of sp³-hybridized carbons (Fsp3) is 0.636. The standard InChI is InChI=1S/C11H19N5/c1-15(2)9-3-5-16(6-4-9)11-8-13-10(12)7-14-11/h7-9H,3-6H2,1-2H3,(H2,12,13). The van der Waals surface area contributed by atoms with Gasteiger partial charge in [-0.15, -0.1) is 0 Å². The third-order valence-electron chi connectivity index (χ3n) is 3.18. The molecule has 0 saturated carbocycles. The van der Waals surface area contributed by atoms with Gasteiger partial charge in [0.05, 0.1) is 12.4 Å². The van der Waals surface area contributed by atoms with Crippen LogP contribution in [0.1, 0.15) is 12.8 Å². The van der Waals surface area contributed by atoms with E-state index in [9.17, 15) is 0 Å². The van der Waals surface area contributed by atoms with Crippen molar-refractivity contribution in [2.24, 2.45) is 0 Å². The minimum Gasteiger partial charge on any atom is -0.382 e. The number of nitrogens with zero attached hydrogens (tertiary/aromatic N) is 4. The van der Waals surface area contributed by atoms with Crippen molar-refractivity contribution in [1.82, 2.24) is 14.9 Å². The third kappa shape index (κ3) is 2.41. The molecule has 1 aliphatic rings. The van der Waals surface area contributed by atoms with Gasteiger partial charge in [-0.1, -0.05) is 0 Å². The Bertz CT molecular complexity index is 327. The number of rotatable bonds is 2. The molecule has 88 valence electrons. The van der Waals surface area contributed by atoms with Gasteiger partial charge in [-0.05, 0) is 26.9 Å². The van der Waals surface area contributed by atoms with Gasteiger partial charge in [0.25, 0.3) is 0 Å². The molecule has 16 heavy (non-hydrogen) atoms. The third-order valence-corrected chi connectivity index (χ3v) is 3.18. The van der Waals surface area contributed by atoms with Crippen LogP contribution >= 0.6 is 0 Å². The highest BCUT2D eigenvalue weighted by Gasteiger charge is 2.21. The summed E-state index contributed by atoms with van der Waals surface area (Å²) in [5.41, 5.74) is 5.52. The zero-order valence-corrected chi connectivity index (χ0v) is 9.93. The summed E-state index contributed by atoms with van der Waals surface area (Å²) >= 11 is 0. The Kier molecular flexibility index (Phi) is 3.24. The molecule has 1 aliphatic heterocycles. The van der Waals surface area contributed by atoms with Crippen LogP contribution in [-0.2, 0) is 0 Å². The van der Waals surface area contributed by atoms with Crippen molar-refractivity contribution in [3.8, 4) is 0 Å².